The van der Waals surface area contributed by atoms with E-state index in [4.69, 9.17) is 14.7 Å². The molecule has 3 unspecified atom stereocenters. The highest BCUT2D eigenvalue weighted by atomic mass is 16.7. The third-order valence-electron chi connectivity index (χ3n) is 3.70. The molecule has 3 aliphatic heterocycles. The molecule has 1 amide bonds. The summed E-state index contributed by atoms with van der Waals surface area (Å²) in [6.45, 7) is 1.64. The first-order valence-corrected chi connectivity index (χ1v) is 6.46. The van der Waals surface area contributed by atoms with Gasteiger partial charge in [0.05, 0.1) is 19.8 Å². The van der Waals surface area contributed by atoms with E-state index >= 15 is 0 Å². The number of ether oxygens (including phenoxy) is 1. The van der Waals surface area contributed by atoms with Crippen LogP contribution in [-0.4, -0.2) is 60.2 Å². The smallest absolute Gasteiger partial charge is 0.265 e. The number of aliphatic hydroxyl groups excluding tert-OH is 1. The molecule has 0 radical (unpaired) electrons. The van der Waals surface area contributed by atoms with Gasteiger partial charge in [-0.1, -0.05) is 0 Å². The van der Waals surface area contributed by atoms with E-state index in [1.54, 1.807) is 4.90 Å². The Morgan fingerprint density at radius 1 is 1.67 bits per heavy atom. The molecule has 3 fully saturated rings. The normalized spacial score (nSPS) is 38.3. The van der Waals surface area contributed by atoms with Gasteiger partial charge in [0.2, 0.25) is 0 Å². The Balaban J connectivity index is 1.47. The number of hydroxylamine groups is 1. The first-order valence-electron chi connectivity index (χ1n) is 6.46. The first-order chi connectivity index (χ1) is 8.76. The zero-order chi connectivity index (χ0) is 12.6. The highest BCUT2D eigenvalue weighted by Crippen LogP contribution is 2.39. The Labute approximate surface area is 105 Å². The molecule has 1 spiro atoms. The molecule has 0 aromatic rings. The number of nitrogens with one attached hydrogen (secondary N) is 2. The number of nitrogens with zero attached hydrogens (tertiary/aromatic N) is 1. The number of hydrogen-bond donors (Lipinski definition) is 3. The van der Waals surface area contributed by atoms with Crippen molar-refractivity contribution in [2.45, 2.75) is 37.2 Å². The summed E-state index contributed by atoms with van der Waals surface area (Å²) in [6, 6.07) is 0.164. The van der Waals surface area contributed by atoms with Crippen molar-refractivity contribution >= 4 is 5.91 Å². The second-order valence-corrected chi connectivity index (χ2v) is 5.02. The number of rotatable bonds is 6. The van der Waals surface area contributed by atoms with Gasteiger partial charge in [-0.2, -0.15) is 5.48 Å². The zero-order valence-electron chi connectivity index (χ0n) is 10.2. The summed E-state index contributed by atoms with van der Waals surface area (Å²) in [7, 11) is 0. The van der Waals surface area contributed by atoms with Crippen LogP contribution in [0.5, 0.6) is 0 Å². The van der Waals surface area contributed by atoms with Crippen LogP contribution in [0.3, 0.4) is 0 Å². The monoisotopic (exact) mass is 257 g/mol. The van der Waals surface area contributed by atoms with E-state index in [2.05, 4.69) is 10.8 Å². The van der Waals surface area contributed by atoms with Gasteiger partial charge in [0.25, 0.3) is 5.91 Å². The molecule has 0 aliphatic carbocycles. The fraction of sp³-hybridized carbons (Fsp3) is 0.909. The summed E-state index contributed by atoms with van der Waals surface area (Å²) in [6.07, 6.45) is 2.85. The maximum Gasteiger partial charge on any atom is 0.265 e. The number of amides is 1. The van der Waals surface area contributed by atoms with Crippen LogP contribution in [0.15, 0.2) is 0 Å². The van der Waals surface area contributed by atoms with Gasteiger partial charge in [-0.3, -0.25) is 14.9 Å². The standard InChI is InChI=1S/C11H19N3O4/c15-5-4-14-10(16)11(14)3-1-2-8(12-11)6-18-13-9-7-17-9/h8-9,12-13,15H,1-7H2. The van der Waals surface area contributed by atoms with Crippen LogP contribution in [-0.2, 0) is 14.4 Å². The Kier molecular flexibility index (Phi) is 3.25. The van der Waals surface area contributed by atoms with Crippen LogP contribution in [0.25, 0.3) is 0 Å². The van der Waals surface area contributed by atoms with Crippen LogP contribution >= 0.6 is 0 Å². The van der Waals surface area contributed by atoms with Crippen LogP contribution in [0.1, 0.15) is 19.3 Å². The lowest BCUT2D eigenvalue weighted by atomic mass is 9.98. The van der Waals surface area contributed by atoms with Crippen LogP contribution < -0.4 is 10.8 Å². The lowest BCUT2D eigenvalue weighted by molar-refractivity contribution is -0.115. The predicted molar refractivity (Wildman–Crippen MR) is 61.1 cm³/mol. The summed E-state index contributed by atoms with van der Waals surface area (Å²) in [5, 5.41) is 12.3. The molecule has 7 heteroatoms. The fourth-order valence-electron chi connectivity index (χ4n) is 2.65. The van der Waals surface area contributed by atoms with Gasteiger partial charge in [0.1, 0.15) is 0 Å². The van der Waals surface area contributed by atoms with Crippen molar-refractivity contribution in [3.63, 3.8) is 0 Å². The molecule has 3 aliphatic rings. The number of aliphatic hydroxyl groups is 1. The van der Waals surface area contributed by atoms with Gasteiger partial charge in [-0.05, 0) is 19.3 Å². The van der Waals surface area contributed by atoms with Crippen LogP contribution in [0.4, 0.5) is 0 Å². The van der Waals surface area contributed by atoms with E-state index in [1.807, 2.05) is 0 Å². The molecular formula is C11H19N3O4. The third kappa shape index (κ3) is 2.24. The van der Waals surface area contributed by atoms with Crippen LogP contribution in [0.2, 0.25) is 0 Å². The molecule has 3 rings (SSSR count). The molecule has 102 valence electrons. The molecule has 3 atom stereocenters. The van der Waals surface area contributed by atoms with Crippen molar-refractivity contribution in [3.05, 3.63) is 0 Å². The second-order valence-electron chi connectivity index (χ2n) is 5.02. The summed E-state index contributed by atoms with van der Waals surface area (Å²) in [5.74, 6) is 0.0970. The molecule has 7 nitrogen and oxygen atoms in total. The van der Waals surface area contributed by atoms with Gasteiger partial charge < -0.3 is 14.7 Å². The quantitative estimate of drug-likeness (QED) is 0.398. The number of β-amino-alcohol motifs (C(OH)–C–C–N with tert-alkyl or cyclic N) is 1. The largest absolute Gasteiger partial charge is 0.395 e. The Bertz CT molecular complexity index is 336. The van der Waals surface area contributed by atoms with E-state index in [-0.39, 0.29) is 24.8 Å². The summed E-state index contributed by atoms with van der Waals surface area (Å²) in [5.41, 5.74) is 2.28. The molecule has 3 saturated heterocycles. The van der Waals surface area contributed by atoms with E-state index < -0.39 is 5.66 Å². The van der Waals surface area contributed by atoms with E-state index in [0.717, 1.165) is 19.3 Å². The van der Waals surface area contributed by atoms with Crippen molar-refractivity contribution in [2.24, 2.45) is 0 Å². The first kappa shape index (κ1) is 12.3. The lowest BCUT2D eigenvalue weighted by Crippen LogP contribution is -2.51. The molecule has 0 bridgehead atoms. The third-order valence-corrected chi connectivity index (χ3v) is 3.70. The number of piperidine rings is 1. The Hall–Kier alpha value is -0.730. The molecule has 3 N–H and O–H groups in total. The molecule has 0 aromatic carbocycles. The van der Waals surface area contributed by atoms with Crippen LogP contribution in [0, 0.1) is 0 Å². The Morgan fingerprint density at radius 2 is 2.50 bits per heavy atom. The number of carbonyl (C=O) groups excluding carboxylic acids is 1. The molecule has 18 heavy (non-hydrogen) atoms. The lowest BCUT2D eigenvalue weighted by Gasteiger charge is -2.29. The highest BCUT2D eigenvalue weighted by Gasteiger charge is 2.63. The topological polar surface area (TPSA) is 86.1 Å². The van der Waals surface area contributed by atoms with Gasteiger partial charge in [-0.15, -0.1) is 0 Å². The fourth-order valence-corrected chi connectivity index (χ4v) is 2.65. The highest BCUT2D eigenvalue weighted by molar-refractivity contribution is 6.01. The van der Waals surface area contributed by atoms with Crippen molar-refractivity contribution in [1.82, 2.24) is 15.7 Å². The summed E-state index contributed by atoms with van der Waals surface area (Å²) < 4.78 is 4.97. The predicted octanol–water partition coefficient (Wildman–Crippen LogP) is -1.46. The minimum absolute atomic E-state index is 0.0108. The SMILES string of the molecule is O=C1N(CCO)C12CCCC(CONC1CO1)N2. The zero-order valence-corrected chi connectivity index (χ0v) is 10.2. The van der Waals surface area contributed by atoms with E-state index in [1.165, 1.54) is 0 Å². The molecular weight excluding hydrogens is 238 g/mol. The summed E-state index contributed by atoms with van der Waals surface area (Å²) >= 11 is 0. The number of carbonyl (C=O) groups is 1. The average molecular weight is 257 g/mol. The summed E-state index contributed by atoms with van der Waals surface area (Å²) in [4.78, 5) is 18.8. The maximum atomic E-state index is 11.8. The van der Waals surface area contributed by atoms with Crippen molar-refractivity contribution < 1.29 is 19.5 Å². The van der Waals surface area contributed by atoms with Crippen molar-refractivity contribution in [2.75, 3.05) is 26.4 Å². The maximum absolute atomic E-state index is 11.8. The molecule has 0 aromatic heterocycles. The van der Waals surface area contributed by atoms with E-state index in [9.17, 15) is 4.79 Å². The average Bonchev–Trinajstić information content (AvgIpc) is 3.27. The molecule has 3 heterocycles. The number of epoxide rings is 1. The van der Waals surface area contributed by atoms with E-state index in [0.29, 0.717) is 19.8 Å². The Morgan fingerprint density at radius 3 is 3.22 bits per heavy atom. The van der Waals surface area contributed by atoms with Gasteiger partial charge in [0, 0.05) is 12.6 Å². The van der Waals surface area contributed by atoms with Gasteiger partial charge >= 0.3 is 0 Å². The minimum Gasteiger partial charge on any atom is -0.395 e. The second kappa shape index (κ2) is 4.75. The van der Waals surface area contributed by atoms with Gasteiger partial charge in [-0.25, -0.2) is 0 Å². The van der Waals surface area contributed by atoms with Crippen molar-refractivity contribution in [3.8, 4) is 0 Å². The van der Waals surface area contributed by atoms with Crippen molar-refractivity contribution in [1.29, 1.82) is 0 Å². The minimum atomic E-state index is -0.523. The number of hydrogen-bond acceptors (Lipinski definition) is 6. The van der Waals surface area contributed by atoms with Gasteiger partial charge in [0.15, 0.2) is 11.9 Å². The molecule has 0 saturated carbocycles.